The van der Waals surface area contributed by atoms with Gasteiger partial charge in [-0.1, -0.05) is 41.4 Å². The first-order valence-electron chi connectivity index (χ1n) is 3.30. The molecule has 0 aliphatic rings. The monoisotopic (exact) mass is 156 g/mol. The van der Waals surface area contributed by atoms with Crippen molar-refractivity contribution in [1.29, 1.82) is 0 Å². The van der Waals surface area contributed by atoms with Crippen LogP contribution >= 0.6 is 0 Å². The van der Waals surface area contributed by atoms with E-state index < -0.39 is 11.1 Å². The van der Waals surface area contributed by atoms with Crippen LogP contribution in [-0.2, 0) is 16.8 Å². The van der Waals surface area contributed by atoms with Crippen molar-refractivity contribution in [3.8, 4) is 0 Å². The van der Waals surface area contributed by atoms with E-state index in [0.29, 0.717) is 11.6 Å². The van der Waals surface area contributed by atoms with Crippen molar-refractivity contribution in [1.82, 2.24) is 0 Å². The normalized spacial score (nSPS) is 14.3. The maximum Gasteiger partial charge on any atom is 0.0623 e. The minimum absolute atomic E-state index is 0.0281. The molecule has 1 rings (SSSR count). The Hall–Kier alpha value is -0.670. The molecule has 0 aromatic heterocycles. The summed E-state index contributed by atoms with van der Waals surface area (Å²) in [5.74, 6) is 0.0281. The highest BCUT2D eigenvalue weighted by Gasteiger charge is 1.87. The molecule has 0 N–H and O–H groups in total. The first kappa shape index (κ1) is 6.07. The van der Waals surface area contributed by atoms with Gasteiger partial charge < -0.3 is 4.55 Å². The smallest absolute Gasteiger partial charge is 0.0623 e. The van der Waals surface area contributed by atoms with Gasteiger partial charge in [-0.2, -0.15) is 0 Å². The van der Waals surface area contributed by atoms with Gasteiger partial charge in [0.05, 0.1) is 1.37 Å². The molecule has 0 bridgehead atoms. The van der Waals surface area contributed by atoms with Crippen molar-refractivity contribution < 1.29 is 10.1 Å². The number of hydrogen-bond donors (Lipinski definition) is 0. The fourth-order valence-corrected chi connectivity index (χ4v) is 1.12. The van der Waals surface area contributed by atoms with Gasteiger partial charge in [0.25, 0.3) is 0 Å². The Bertz CT molecular complexity index is 258. The molecule has 1 aromatic rings. The molecule has 0 amide bonds. The van der Waals surface area contributed by atoms with Crippen molar-refractivity contribution in [2.75, 3.05) is 0 Å². The Morgan fingerprint density at radius 3 is 2.70 bits per heavy atom. The summed E-state index contributed by atoms with van der Waals surface area (Å²) in [6.45, 7) is 0. The van der Waals surface area contributed by atoms with E-state index in [4.69, 9.17) is 1.37 Å². The Morgan fingerprint density at radius 2 is 2.20 bits per heavy atom. The third-order valence-electron chi connectivity index (χ3n) is 1.07. The zero-order chi connectivity index (χ0) is 8.27. The summed E-state index contributed by atoms with van der Waals surface area (Å²) in [7, 11) is 0. The maximum atomic E-state index is 10.2. The van der Waals surface area contributed by atoms with Gasteiger partial charge >= 0.3 is 0 Å². The Labute approximate surface area is 63.6 Å². The van der Waals surface area contributed by atoms with Gasteiger partial charge in [0, 0.05) is 5.75 Å². The molecule has 0 spiro atoms. The Kier molecular flexibility index (Phi) is 2.12. The lowest BCUT2D eigenvalue weighted by Gasteiger charge is -2.02. The third-order valence-corrected chi connectivity index (χ3v) is 1.64. The molecule has 1 atom stereocenters. The first-order valence-corrected chi connectivity index (χ1v) is 4.04. The molecule has 1 unspecified atom stereocenters. The number of rotatable bonds is 2. The second kappa shape index (κ2) is 3.49. The van der Waals surface area contributed by atoms with Gasteiger partial charge in [0.2, 0.25) is 0 Å². The van der Waals surface area contributed by atoms with E-state index in [-0.39, 0.29) is 5.75 Å². The van der Waals surface area contributed by atoms with E-state index in [1.165, 1.54) is 0 Å². The molecule has 3 heteroatoms. The molecule has 0 aliphatic heterocycles. The van der Waals surface area contributed by atoms with Crippen LogP contribution in [0, 0.1) is 0 Å². The van der Waals surface area contributed by atoms with Crippen LogP contribution in [0.5, 0.6) is 0 Å². The quantitative estimate of drug-likeness (QED) is 0.601. The third kappa shape index (κ3) is 2.29. The van der Waals surface area contributed by atoms with Crippen LogP contribution in [0.25, 0.3) is 0 Å². The lowest BCUT2D eigenvalue weighted by Crippen LogP contribution is -1.91. The molecule has 0 saturated heterocycles. The van der Waals surface area contributed by atoms with Gasteiger partial charge in [0.15, 0.2) is 0 Å². The van der Waals surface area contributed by atoms with Crippen LogP contribution in [0.1, 0.15) is 6.93 Å². The average Bonchev–Trinajstić information content (AvgIpc) is 1.93. The zero-order valence-corrected chi connectivity index (χ0v) is 6.06. The molecule has 1 aromatic carbocycles. The molecule has 10 heavy (non-hydrogen) atoms. The minimum Gasteiger partial charge on any atom is -0.772 e. The van der Waals surface area contributed by atoms with Crippen LogP contribution in [0.4, 0.5) is 0 Å². The van der Waals surface area contributed by atoms with Crippen LogP contribution in [0.3, 0.4) is 0 Å². The Morgan fingerprint density at radius 1 is 1.60 bits per heavy atom. The first-order chi connectivity index (χ1) is 5.18. The van der Waals surface area contributed by atoms with E-state index in [1.807, 2.05) is 0 Å². The SMILES string of the molecule is [2H]c1ccc(CS(=O)[O-])cc1. The summed E-state index contributed by atoms with van der Waals surface area (Å²) in [5, 5.41) is 0. The maximum absolute atomic E-state index is 10.2. The van der Waals surface area contributed by atoms with E-state index in [2.05, 4.69) is 0 Å². The van der Waals surface area contributed by atoms with Crippen LogP contribution in [-0.4, -0.2) is 8.76 Å². The van der Waals surface area contributed by atoms with Crippen molar-refractivity contribution in [3.05, 3.63) is 35.9 Å². The molecular weight excluding hydrogens is 148 g/mol. The highest BCUT2D eigenvalue weighted by atomic mass is 32.2. The topological polar surface area (TPSA) is 40.1 Å². The molecular formula is C7H7O2S-. The Balaban J connectivity index is 2.74. The standard InChI is InChI=1S/C7H8O2S/c8-10(9)6-7-4-2-1-3-5-7/h1-5H,6H2,(H,8,9)/p-1/i1D. The zero-order valence-electron chi connectivity index (χ0n) is 6.24. The van der Waals surface area contributed by atoms with Crippen molar-refractivity contribution in [2.45, 2.75) is 5.75 Å². The predicted molar refractivity (Wildman–Crippen MR) is 39.1 cm³/mol. The van der Waals surface area contributed by atoms with Crippen LogP contribution in [0.15, 0.2) is 30.3 Å². The van der Waals surface area contributed by atoms with Gasteiger partial charge in [-0.3, -0.25) is 4.21 Å². The lowest BCUT2D eigenvalue weighted by atomic mass is 10.2. The number of hydrogen-bond acceptors (Lipinski definition) is 2. The average molecular weight is 156 g/mol. The molecule has 0 heterocycles. The largest absolute Gasteiger partial charge is 0.772 e. The fourth-order valence-electron chi connectivity index (χ4n) is 0.654. The van der Waals surface area contributed by atoms with Gasteiger partial charge in [0.1, 0.15) is 0 Å². The summed E-state index contributed by atoms with van der Waals surface area (Å²) in [6, 6.07) is 6.81. The molecule has 54 valence electrons. The summed E-state index contributed by atoms with van der Waals surface area (Å²) >= 11 is -2.03. The highest BCUT2D eigenvalue weighted by molar-refractivity contribution is 7.78. The minimum atomic E-state index is -2.03. The lowest BCUT2D eigenvalue weighted by molar-refractivity contribution is 0.536. The molecule has 0 fully saturated rings. The van der Waals surface area contributed by atoms with Gasteiger partial charge in [-0.05, 0) is 5.56 Å². The van der Waals surface area contributed by atoms with Crippen LogP contribution < -0.4 is 0 Å². The molecule has 2 nitrogen and oxygen atoms in total. The van der Waals surface area contributed by atoms with E-state index in [0.717, 1.165) is 0 Å². The fraction of sp³-hybridized carbons (Fsp3) is 0.143. The van der Waals surface area contributed by atoms with Crippen LogP contribution in [0.2, 0.25) is 0 Å². The summed E-state index contributed by atoms with van der Waals surface area (Å²) in [6.07, 6.45) is 0. The summed E-state index contributed by atoms with van der Waals surface area (Å²) in [4.78, 5) is 0. The van der Waals surface area contributed by atoms with Gasteiger partial charge in [-0.25, -0.2) is 0 Å². The van der Waals surface area contributed by atoms with E-state index >= 15 is 0 Å². The second-order valence-electron chi connectivity index (χ2n) is 1.86. The van der Waals surface area contributed by atoms with Crippen molar-refractivity contribution in [3.63, 3.8) is 0 Å². The predicted octanol–water partition coefficient (Wildman–Crippen LogP) is 1.07. The summed E-state index contributed by atoms with van der Waals surface area (Å²) in [5.41, 5.74) is 0.717. The molecule has 0 aliphatic carbocycles. The van der Waals surface area contributed by atoms with Crippen molar-refractivity contribution >= 4 is 11.1 Å². The highest BCUT2D eigenvalue weighted by Crippen LogP contribution is 2.00. The number of benzene rings is 1. The van der Waals surface area contributed by atoms with Gasteiger partial charge in [-0.15, -0.1) is 0 Å². The van der Waals surface area contributed by atoms with E-state index in [9.17, 15) is 8.76 Å². The molecule has 0 radical (unpaired) electrons. The van der Waals surface area contributed by atoms with E-state index in [1.54, 1.807) is 24.3 Å². The van der Waals surface area contributed by atoms with Crippen molar-refractivity contribution in [2.24, 2.45) is 0 Å². The summed E-state index contributed by atoms with van der Waals surface area (Å²) < 4.78 is 27.5. The second-order valence-corrected chi connectivity index (χ2v) is 2.75. The molecule has 0 saturated carbocycles.